The van der Waals surface area contributed by atoms with Crippen LogP contribution < -0.4 is 5.32 Å². The van der Waals surface area contributed by atoms with Gasteiger partial charge < -0.3 is 14.5 Å². The number of aromatic nitrogens is 1. The molecule has 1 heterocycles. The monoisotopic (exact) mass is 330 g/mol. The normalized spacial score (nSPS) is 11.0. The molecule has 1 amide bonds. The minimum atomic E-state index is 0.00661. The second-order valence-electron chi connectivity index (χ2n) is 6.09. The van der Waals surface area contributed by atoms with Gasteiger partial charge >= 0.3 is 0 Å². The van der Waals surface area contributed by atoms with E-state index in [1.165, 1.54) is 5.56 Å². The van der Waals surface area contributed by atoms with Crippen LogP contribution in [0.25, 0.3) is 11.3 Å². The number of oxazole rings is 1. The minimum absolute atomic E-state index is 0.00661. The lowest BCUT2D eigenvalue weighted by molar-refractivity contribution is -0.121. The summed E-state index contributed by atoms with van der Waals surface area (Å²) < 4.78 is 10.7. The molecule has 0 radical (unpaired) electrons. The fraction of sp³-hybridized carbons (Fsp3) is 0.474. The van der Waals surface area contributed by atoms with Crippen LogP contribution in [0, 0.1) is 0 Å². The van der Waals surface area contributed by atoms with Crippen molar-refractivity contribution in [3.63, 3.8) is 0 Å². The Morgan fingerprint density at radius 3 is 2.71 bits per heavy atom. The van der Waals surface area contributed by atoms with E-state index in [0.29, 0.717) is 37.8 Å². The van der Waals surface area contributed by atoms with Crippen LogP contribution in [0.4, 0.5) is 0 Å². The van der Waals surface area contributed by atoms with Gasteiger partial charge in [0.1, 0.15) is 0 Å². The molecule has 1 aromatic heterocycles. The number of rotatable bonds is 9. The quantitative estimate of drug-likeness (QED) is 0.714. The third kappa shape index (κ3) is 5.49. The number of hydrogen-bond acceptors (Lipinski definition) is 4. The van der Waals surface area contributed by atoms with Gasteiger partial charge in [0, 0.05) is 38.7 Å². The van der Waals surface area contributed by atoms with Crippen molar-refractivity contribution in [2.45, 2.75) is 39.0 Å². The standard InChI is InChI=1S/C19H26N2O3/c1-14(2)15-5-7-16(8-6-15)17-13-21-19(24-17)10-9-18(22)20-11-4-12-23-3/h5-8,13-14H,4,9-12H2,1-3H3,(H,20,22). The van der Waals surface area contributed by atoms with E-state index in [-0.39, 0.29) is 5.91 Å². The molecule has 0 unspecified atom stereocenters. The van der Waals surface area contributed by atoms with Crippen molar-refractivity contribution in [3.05, 3.63) is 41.9 Å². The third-order valence-electron chi connectivity index (χ3n) is 3.83. The first kappa shape index (κ1) is 18.2. The largest absolute Gasteiger partial charge is 0.441 e. The summed E-state index contributed by atoms with van der Waals surface area (Å²) in [7, 11) is 1.65. The molecule has 24 heavy (non-hydrogen) atoms. The average Bonchev–Trinajstić information content (AvgIpc) is 3.06. The van der Waals surface area contributed by atoms with E-state index in [1.54, 1.807) is 13.3 Å². The van der Waals surface area contributed by atoms with Gasteiger partial charge in [-0.2, -0.15) is 0 Å². The van der Waals surface area contributed by atoms with Crippen molar-refractivity contribution in [1.29, 1.82) is 0 Å². The predicted octanol–water partition coefficient (Wildman–Crippen LogP) is 3.55. The van der Waals surface area contributed by atoms with Gasteiger partial charge in [0.15, 0.2) is 11.7 Å². The summed E-state index contributed by atoms with van der Waals surface area (Å²) in [5.74, 6) is 1.84. The van der Waals surface area contributed by atoms with Crippen molar-refractivity contribution in [2.75, 3.05) is 20.3 Å². The van der Waals surface area contributed by atoms with Crippen LogP contribution in [0.3, 0.4) is 0 Å². The molecule has 130 valence electrons. The molecular weight excluding hydrogens is 304 g/mol. The highest BCUT2D eigenvalue weighted by atomic mass is 16.5. The molecule has 2 rings (SSSR count). The van der Waals surface area contributed by atoms with E-state index in [9.17, 15) is 4.79 Å². The van der Waals surface area contributed by atoms with Gasteiger partial charge in [0.05, 0.1) is 6.20 Å². The molecule has 0 aliphatic heterocycles. The summed E-state index contributed by atoms with van der Waals surface area (Å²) in [6.45, 7) is 5.62. The number of amides is 1. The highest BCUT2D eigenvalue weighted by Crippen LogP contribution is 2.23. The molecule has 0 spiro atoms. The number of nitrogens with zero attached hydrogens (tertiary/aromatic N) is 1. The number of ether oxygens (including phenoxy) is 1. The van der Waals surface area contributed by atoms with Crippen molar-refractivity contribution in [3.8, 4) is 11.3 Å². The van der Waals surface area contributed by atoms with E-state index in [0.717, 1.165) is 17.7 Å². The zero-order valence-electron chi connectivity index (χ0n) is 14.7. The lowest BCUT2D eigenvalue weighted by atomic mass is 10.0. The lowest BCUT2D eigenvalue weighted by Gasteiger charge is -2.05. The lowest BCUT2D eigenvalue weighted by Crippen LogP contribution is -2.25. The summed E-state index contributed by atoms with van der Waals surface area (Å²) >= 11 is 0. The van der Waals surface area contributed by atoms with Crippen molar-refractivity contribution < 1.29 is 13.9 Å². The molecule has 5 heteroatoms. The molecule has 0 fully saturated rings. The summed E-state index contributed by atoms with van der Waals surface area (Å²) in [4.78, 5) is 16.0. The van der Waals surface area contributed by atoms with E-state index in [1.807, 2.05) is 12.1 Å². The van der Waals surface area contributed by atoms with Crippen LogP contribution in [0.1, 0.15) is 44.1 Å². The maximum atomic E-state index is 11.7. The Labute approximate surface area is 143 Å². The third-order valence-corrected chi connectivity index (χ3v) is 3.83. The van der Waals surface area contributed by atoms with Crippen molar-refractivity contribution >= 4 is 5.91 Å². The van der Waals surface area contributed by atoms with Crippen LogP contribution in [0.2, 0.25) is 0 Å². The molecule has 0 atom stereocenters. The summed E-state index contributed by atoms with van der Waals surface area (Å²) in [5, 5.41) is 2.85. The van der Waals surface area contributed by atoms with Gasteiger partial charge in [-0.05, 0) is 17.9 Å². The smallest absolute Gasteiger partial charge is 0.220 e. The SMILES string of the molecule is COCCCNC(=O)CCc1ncc(-c2ccc(C(C)C)cc2)o1. The van der Waals surface area contributed by atoms with Crippen LogP contribution >= 0.6 is 0 Å². The highest BCUT2D eigenvalue weighted by molar-refractivity contribution is 5.76. The van der Waals surface area contributed by atoms with E-state index in [2.05, 4.69) is 36.3 Å². The first-order chi connectivity index (χ1) is 11.6. The van der Waals surface area contributed by atoms with Crippen LogP contribution in [0.5, 0.6) is 0 Å². The number of hydrogen-bond donors (Lipinski definition) is 1. The molecule has 0 saturated carbocycles. The molecule has 0 aliphatic carbocycles. The van der Waals surface area contributed by atoms with Gasteiger partial charge in [-0.25, -0.2) is 4.98 Å². The fourth-order valence-corrected chi connectivity index (χ4v) is 2.34. The highest BCUT2D eigenvalue weighted by Gasteiger charge is 2.09. The second kappa shape index (κ2) is 9.23. The number of nitrogens with one attached hydrogen (secondary N) is 1. The maximum absolute atomic E-state index is 11.7. The fourth-order valence-electron chi connectivity index (χ4n) is 2.34. The Morgan fingerprint density at radius 2 is 2.04 bits per heavy atom. The van der Waals surface area contributed by atoms with Gasteiger partial charge in [0.2, 0.25) is 5.91 Å². The van der Waals surface area contributed by atoms with Gasteiger partial charge in [0.25, 0.3) is 0 Å². The van der Waals surface area contributed by atoms with Gasteiger partial charge in [-0.3, -0.25) is 4.79 Å². The van der Waals surface area contributed by atoms with E-state index < -0.39 is 0 Å². The molecule has 5 nitrogen and oxygen atoms in total. The number of methoxy groups -OCH3 is 1. The summed E-state index contributed by atoms with van der Waals surface area (Å²) in [6.07, 6.45) is 3.41. The number of carbonyl (C=O) groups is 1. The average molecular weight is 330 g/mol. The molecule has 0 aliphatic rings. The summed E-state index contributed by atoms with van der Waals surface area (Å²) in [6, 6.07) is 8.30. The number of benzene rings is 1. The molecule has 0 bridgehead atoms. The Bertz CT molecular complexity index is 632. The Kier molecular flexibility index (Phi) is 7.00. The molecule has 2 aromatic rings. The van der Waals surface area contributed by atoms with Crippen molar-refractivity contribution in [2.24, 2.45) is 0 Å². The Morgan fingerprint density at radius 1 is 1.29 bits per heavy atom. The molecule has 1 aromatic carbocycles. The maximum Gasteiger partial charge on any atom is 0.220 e. The predicted molar refractivity (Wildman–Crippen MR) is 93.9 cm³/mol. The number of aryl methyl sites for hydroxylation is 1. The Balaban J connectivity index is 1.83. The zero-order chi connectivity index (χ0) is 17.4. The van der Waals surface area contributed by atoms with E-state index >= 15 is 0 Å². The molecule has 0 saturated heterocycles. The molecular formula is C19H26N2O3. The zero-order valence-corrected chi connectivity index (χ0v) is 14.7. The minimum Gasteiger partial charge on any atom is -0.441 e. The first-order valence-electron chi connectivity index (χ1n) is 8.41. The molecule has 1 N–H and O–H groups in total. The topological polar surface area (TPSA) is 64.4 Å². The Hall–Kier alpha value is -2.14. The second-order valence-corrected chi connectivity index (χ2v) is 6.09. The van der Waals surface area contributed by atoms with Gasteiger partial charge in [-0.1, -0.05) is 38.1 Å². The van der Waals surface area contributed by atoms with Crippen molar-refractivity contribution in [1.82, 2.24) is 10.3 Å². The van der Waals surface area contributed by atoms with Crippen LogP contribution in [-0.2, 0) is 16.0 Å². The van der Waals surface area contributed by atoms with Crippen LogP contribution in [0.15, 0.2) is 34.9 Å². The number of carbonyl (C=O) groups excluding carboxylic acids is 1. The first-order valence-corrected chi connectivity index (χ1v) is 8.41. The summed E-state index contributed by atoms with van der Waals surface area (Å²) in [5.41, 5.74) is 2.30. The van der Waals surface area contributed by atoms with Crippen LogP contribution in [-0.4, -0.2) is 31.2 Å². The van der Waals surface area contributed by atoms with E-state index in [4.69, 9.17) is 9.15 Å². The van der Waals surface area contributed by atoms with Gasteiger partial charge in [-0.15, -0.1) is 0 Å².